The third-order valence-electron chi connectivity index (χ3n) is 2.00. The average Bonchev–Trinajstić information content (AvgIpc) is 2.03. The molecule has 1 aliphatic heterocycles. The average molecular weight is 183 g/mol. The van der Waals surface area contributed by atoms with Crippen molar-refractivity contribution in [2.75, 3.05) is 0 Å². The number of rotatable bonds is 3. The summed E-state index contributed by atoms with van der Waals surface area (Å²) in [6.45, 7) is 3.99. The number of allylic oxidation sites excluding steroid dienone is 2. The van der Waals surface area contributed by atoms with Gasteiger partial charge < -0.3 is 15.6 Å². The minimum absolute atomic E-state index is 0.0942. The largest absolute Gasteiger partial charge is 0.464 e. The summed E-state index contributed by atoms with van der Waals surface area (Å²) in [6.07, 6.45) is 4.60. The van der Waals surface area contributed by atoms with Crippen LogP contribution in [0.5, 0.6) is 0 Å². The first kappa shape index (κ1) is 10.3. The Labute approximate surface area is 78.9 Å². The van der Waals surface area contributed by atoms with E-state index < -0.39 is 6.29 Å². The molecule has 0 spiro atoms. The first-order chi connectivity index (χ1) is 6.13. The van der Waals surface area contributed by atoms with Crippen LogP contribution in [0, 0.1) is 0 Å². The molecule has 2 atom stereocenters. The van der Waals surface area contributed by atoms with Gasteiger partial charge in [-0.25, -0.2) is 0 Å². The van der Waals surface area contributed by atoms with E-state index in [0.29, 0.717) is 5.76 Å². The summed E-state index contributed by atoms with van der Waals surface area (Å²) >= 11 is 0. The van der Waals surface area contributed by atoms with Gasteiger partial charge in [-0.2, -0.15) is 0 Å². The quantitative estimate of drug-likeness (QED) is 0.693. The van der Waals surface area contributed by atoms with Crippen molar-refractivity contribution in [3.63, 3.8) is 0 Å². The van der Waals surface area contributed by atoms with E-state index in [1.165, 1.54) is 0 Å². The lowest BCUT2D eigenvalue weighted by Gasteiger charge is -2.22. The minimum Gasteiger partial charge on any atom is -0.464 e. The van der Waals surface area contributed by atoms with Crippen LogP contribution in [-0.4, -0.2) is 17.4 Å². The molecule has 13 heavy (non-hydrogen) atoms. The van der Waals surface area contributed by atoms with E-state index in [4.69, 9.17) is 10.5 Å². The Morgan fingerprint density at radius 3 is 2.92 bits per heavy atom. The van der Waals surface area contributed by atoms with Crippen molar-refractivity contribution in [2.24, 2.45) is 5.73 Å². The molecule has 0 aliphatic carbocycles. The fraction of sp³-hybridized carbons (Fsp3) is 0.600. The van der Waals surface area contributed by atoms with Crippen molar-refractivity contribution in [3.05, 3.63) is 23.5 Å². The van der Waals surface area contributed by atoms with E-state index >= 15 is 0 Å². The van der Waals surface area contributed by atoms with Crippen LogP contribution in [0.4, 0.5) is 0 Å². The molecule has 0 saturated carbocycles. The Bertz CT molecular complexity index is 233. The predicted molar refractivity (Wildman–Crippen MR) is 51.8 cm³/mol. The van der Waals surface area contributed by atoms with Gasteiger partial charge in [0, 0.05) is 0 Å². The van der Waals surface area contributed by atoms with Crippen LogP contribution in [0.1, 0.15) is 26.7 Å². The van der Waals surface area contributed by atoms with Gasteiger partial charge in [-0.15, -0.1) is 0 Å². The van der Waals surface area contributed by atoms with Crippen molar-refractivity contribution in [1.29, 1.82) is 0 Å². The summed E-state index contributed by atoms with van der Waals surface area (Å²) in [5.41, 5.74) is 6.85. The zero-order valence-electron chi connectivity index (χ0n) is 8.16. The van der Waals surface area contributed by atoms with Crippen molar-refractivity contribution >= 4 is 0 Å². The number of hydrogen-bond donors (Lipinski definition) is 2. The third kappa shape index (κ3) is 2.86. The second-order valence-electron chi connectivity index (χ2n) is 3.36. The molecule has 0 aromatic heterocycles. The van der Waals surface area contributed by atoms with Crippen LogP contribution in [0.25, 0.3) is 0 Å². The number of ether oxygens (including phenoxy) is 1. The molecule has 0 amide bonds. The van der Waals surface area contributed by atoms with Gasteiger partial charge in [-0.1, -0.05) is 13.3 Å². The smallest absolute Gasteiger partial charge is 0.217 e. The maximum Gasteiger partial charge on any atom is 0.217 e. The summed E-state index contributed by atoms with van der Waals surface area (Å²) in [6, 6.07) is -0.0942. The number of aliphatic hydroxyl groups is 1. The van der Waals surface area contributed by atoms with Gasteiger partial charge in [-0.05, 0) is 31.1 Å². The molecule has 1 heterocycles. The molecule has 1 rings (SSSR count). The number of aliphatic hydroxyl groups excluding tert-OH is 1. The van der Waals surface area contributed by atoms with Crippen LogP contribution >= 0.6 is 0 Å². The molecule has 0 bridgehead atoms. The normalized spacial score (nSPS) is 24.5. The van der Waals surface area contributed by atoms with Gasteiger partial charge in [0.15, 0.2) is 0 Å². The molecule has 0 aromatic carbocycles. The standard InChI is InChI=1S/C10H17NO2/c1-3-4-8(11)9-5-7(2)6-10(12)13-9/h5-6,8,10,12H,3-4,11H2,1-2H3/t8-,10?/m1/s1. The van der Waals surface area contributed by atoms with Gasteiger partial charge in [-0.3, -0.25) is 0 Å². The van der Waals surface area contributed by atoms with Crippen LogP contribution in [0.15, 0.2) is 23.5 Å². The lowest BCUT2D eigenvalue weighted by molar-refractivity contribution is -0.0357. The Kier molecular flexibility index (Phi) is 3.51. The molecule has 3 nitrogen and oxygen atoms in total. The van der Waals surface area contributed by atoms with Gasteiger partial charge in [0.25, 0.3) is 0 Å². The van der Waals surface area contributed by atoms with E-state index in [-0.39, 0.29) is 6.04 Å². The molecule has 0 fully saturated rings. The second kappa shape index (κ2) is 4.44. The monoisotopic (exact) mass is 183 g/mol. The highest BCUT2D eigenvalue weighted by Gasteiger charge is 2.16. The van der Waals surface area contributed by atoms with E-state index in [1.54, 1.807) is 6.08 Å². The predicted octanol–water partition coefficient (Wildman–Crippen LogP) is 1.29. The molecule has 1 aliphatic rings. The highest BCUT2D eigenvalue weighted by molar-refractivity contribution is 5.25. The van der Waals surface area contributed by atoms with Crippen LogP contribution in [0.2, 0.25) is 0 Å². The molecular formula is C10H17NO2. The summed E-state index contributed by atoms with van der Waals surface area (Å²) in [5.74, 6) is 0.689. The Morgan fingerprint density at radius 2 is 2.38 bits per heavy atom. The highest BCUT2D eigenvalue weighted by atomic mass is 16.6. The minimum atomic E-state index is -0.831. The summed E-state index contributed by atoms with van der Waals surface area (Å²) in [5, 5.41) is 9.27. The Balaban J connectivity index is 2.64. The Hall–Kier alpha value is -0.800. The fourth-order valence-electron chi connectivity index (χ4n) is 1.35. The van der Waals surface area contributed by atoms with E-state index in [0.717, 1.165) is 18.4 Å². The summed E-state index contributed by atoms with van der Waals surface area (Å²) in [4.78, 5) is 0. The van der Waals surface area contributed by atoms with Gasteiger partial charge in [0.2, 0.25) is 6.29 Å². The SMILES string of the molecule is CCC[C@@H](N)C1=CC(C)=CC(O)O1. The number of hydrogen-bond acceptors (Lipinski definition) is 3. The van der Waals surface area contributed by atoms with Crippen LogP contribution < -0.4 is 5.73 Å². The maximum atomic E-state index is 9.27. The van der Waals surface area contributed by atoms with Crippen molar-refractivity contribution in [2.45, 2.75) is 39.0 Å². The van der Waals surface area contributed by atoms with Crippen LogP contribution in [0.3, 0.4) is 0 Å². The molecule has 3 N–H and O–H groups in total. The van der Waals surface area contributed by atoms with E-state index in [1.807, 2.05) is 13.0 Å². The third-order valence-corrected chi connectivity index (χ3v) is 2.00. The molecule has 0 radical (unpaired) electrons. The van der Waals surface area contributed by atoms with Gasteiger partial charge >= 0.3 is 0 Å². The molecule has 1 unspecified atom stereocenters. The molecule has 74 valence electrons. The Morgan fingerprint density at radius 1 is 1.69 bits per heavy atom. The van der Waals surface area contributed by atoms with Crippen molar-refractivity contribution < 1.29 is 9.84 Å². The lowest BCUT2D eigenvalue weighted by Crippen LogP contribution is -2.28. The maximum absolute atomic E-state index is 9.27. The number of nitrogens with two attached hydrogens (primary N) is 1. The second-order valence-corrected chi connectivity index (χ2v) is 3.36. The molecule has 0 saturated heterocycles. The van der Waals surface area contributed by atoms with E-state index in [9.17, 15) is 5.11 Å². The zero-order chi connectivity index (χ0) is 9.84. The molecular weight excluding hydrogens is 166 g/mol. The van der Waals surface area contributed by atoms with Crippen molar-refractivity contribution in [3.8, 4) is 0 Å². The topological polar surface area (TPSA) is 55.5 Å². The van der Waals surface area contributed by atoms with E-state index in [2.05, 4.69) is 6.92 Å². The molecule has 0 aromatic rings. The van der Waals surface area contributed by atoms with Crippen LogP contribution in [-0.2, 0) is 4.74 Å². The van der Waals surface area contributed by atoms with Gasteiger partial charge in [0.05, 0.1) is 6.04 Å². The summed E-state index contributed by atoms with van der Waals surface area (Å²) in [7, 11) is 0. The fourth-order valence-corrected chi connectivity index (χ4v) is 1.35. The summed E-state index contributed by atoms with van der Waals surface area (Å²) < 4.78 is 5.19. The first-order valence-corrected chi connectivity index (χ1v) is 4.63. The highest BCUT2D eigenvalue weighted by Crippen LogP contribution is 2.18. The van der Waals surface area contributed by atoms with Crippen molar-refractivity contribution in [1.82, 2.24) is 0 Å². The first-order valence-electron chi connectivity index (χ1n) is 4.63. The van der Waals surface area contributed by atoms with Gasteiger partial charge in [0.1, 0.15) is 5.76 Å². The lowest BCUT2D eigenvalue weighted by atomic mass is 10.1. The molecule has 3 heteroatoms. The zero-order valence-corrected chi connectivity index (χ0v) is 8.16.